The van der Waals surface area contributed by atoms with Crippen LogP contribution in [0.3, 0.4) is 0 Å². The molecule has 0 aromatic heterocycles. The predicted molar refractivity (Wildman–Crippen MR) is 112 cm³/mol. The average molecular weight is 396 g/mol. The van der Waals surface area contributed by atoms with Crippen LogP contribution in [0, 0.1) is 5.92 Å². The maximum Gasteiger partial charge on any atom is 0.227 e. The molecule has 154 valence electrons. The van der Waals surface area contributed by atoms with Crippen LogP contribution in [0.4, 0.5) is 5.69 Å². The second-order valence-corrected chi connectivity index (χ2v) is 7.49. The summed E-state index contributed by atoms with van der Waals surface area (Å²) >= 11 is 0. The van der Waals surface area contributed by atoms with Gasteiger partial charge in [-0.25, -0.2) is 0 Å². The van der Waals surface area contributed by atoms with Crippen LogP contribution in [-0.4, -0.2) is 32.1 Å². The number of piperidine rings is 1. The van der Waals surface area contributed by atoms with E-state index in [0.29, 0.717) is 18.6 Å². The molecule has 2 amide bonds. The molecule has 0 bridgehead atoms. The second kappa shape index (κ2) is 8.99. The number of carbonyl (C=O) groups is 2. The minimum atomic E-state index is -0.394. The van der Waals surface area contributed by atoms with E-state index < -0.39 is 6.04 Å². The summed E-state index contributed by atoms with van der Waals surface area (Å²) in [6.07, 6.45) is 0.843. The third-order valence-electron chi connectivity index (χ3n) is 5.17. The Labute approximate surface area is 171 Å². The van der Waals surface area contributed by atoms with Crippen LogP contribution in [0.25, 0.3) is 0 Å². The highest BCUT2D eigenvalue weighted by Crippen LogP contribution is 2.40. The predicted octanol–water partition coefficient (Wildman–Crippen LogP) is 3.71. The van der Waals surface area contributed by atoms with Gasteiger partial charge in [-0.15, -0.1) is 0 Å². The first kappa shape index (κ1) is 20.7. The molecule has 1 heterocycles. The summed E-state index contributed by atoms with van der Waals surface area (Å²) in [6, 6.07) is 14.6. The van der Waals surface area contributed by atoms with Gasteiger partial charge in [0.2, 0.25) is 11.8 Å². The van der Waals surface area contributed by atoms with Crippen LogP contribution in [0.5, 0.6) is 11.5 Å². The average Bonchev–Trinajstić information content (AvgIpc) is 2.73. The van der Waals surface area contributed by atoms with Crippen LogP contribution < -0.4 is 19.7 Å². The van der Waals surface area contributed by atoms with Crippen LogP contribution in [-0.2, 0) is 9.59 Å². The highest BCUT2D eigenvalue weighted by molar-refractivity contribution is 5.97. The van der Waals surface area contributed by atoms with E-state index in [-0.39, 0.29) is 23.8 Å². The van der Waals surface area contributed by atoms with Gasteiger partial charge in [-0.3, -0.25) is 9.59 Å². The molecule has 3 rings (SSSR count). The van der Waals surface area contributed by atoms with Crippen molar-refractivity contribution in [1.29, 1.82) is 0 Å². The van der Waals surface area contributed by atoms with Crippen molar-refractivity contribution in [3.8, 4) is 11.5 Å². The molecule has 2 aromatic rings. The number of amides is 2. The van der Waals surface area contributed by atoms with Crippen molar-refractivity contribution in [2.24, 2.45) is 5.92 Å². The number of nitrogens with one attached hydrogen (secondary N) is 1. The Bertz CT molecular complexity index is 846. The van der Waals surface area contributed by atoms with Gasteiger partial charge in [0.15, 0.2) is 0 Å². The minimum Gasteiger partial charge on any atom is -0.497 e. The maximum absolute atomic E-state index is 13.0. The summed E-state index contributed by atoms with van der Waals surface area (Å²) < 4.78 is 10.5. The number of anilines is 1. The smallest absolute Gasteiger partial charge is 0.227 e. The Hall–Kier alpha value is -3.02. The van der Waals surface area contributed by atoms with Gasteiger partial charge >= 0.3 is 0 Å². The number of rotatable bonds is 6. The lowest BCUT2D eigenvalue weighted by atomic mass is 9.83. The lowest BCUT2D eigenvalue weighted by Gasteiger charge is -2.41. The highest BCUT2D eigenvalue weighted by atomic mass is 16.5. The molecule has 1 aliphatic heterocycles. The molecule has 0 unspecified atom stereocenters. The molecule has 29 heavy (non-hydrogen) atoms. The van der Waals surface area contributed by atoms with E-state index in [0.717, 1.165) is 17.0 Å². The van der Waals surface area contributed by atoms with Crippen LogP contribution in [0.2, 0.25) is 0 Å². The molecule has 0 spiro atoms. The van der Waals surface area contributed by atoms with Crippen molar-refractivity contribution < 1.29 is 19.1 Å². The third kappa shape index (κ3) is 4.53. The van der Waals surface area contributed by atoms with Crippen LogP contribution in [0.15, 0.2) is 48.5 Å². The Balaban J connectivity index is 2.05. The summed E-state index contributed by atoms with van der Waals surface area (Å²) in [5.41, 5.74) is 1.65. The molecule has 2 atom stereocenters. The first-order valence-corrected chi connectivity index (χ1v) is 9.85. The van der Waals surface area contributed by atoms with Gasteiger partial charge in [-0.2, -0.15) is 0 Å². The van der Waals surface area contributed by atoms with Crippen molar-refractivity contribution in [1.82, 2.24) is 5.32 Å². The first-order chi connectivity index (χ1) is 13.9. The largest absolute Gasteiger partial charge is 0.497 e. The molecule has 1 N–H and O–H groups in total. The number of ether oxygens (including phenoxy) is 2. The van der Waals surface area contributed by atoms with Gasteiger partial charge in [-0.1, -0.05) is 12.1 Å². The summed E-state index contributed by atoms with van der Waals surface area (Å²) in [4.78, 5) is 27.7. The zero-order valence-corrected chi connectivity index (χ0v) is 17.3. The Morgan fingerprint density at radius 1 is 1.00 bits per heavy atom. The molecular formula is C23H28N2O4. The fourth-order valence-corrected chi connectivity index (χ4v) is 3.79. The lowest BCUT2D eigenvalue weighted by Crippen LogP contribution is -2.49. The number of carbonyl (C=O) groups excluding carboxylic acids is 2. The zero-order valence-electron chi connectivity index (χ0n) is 17.3. The van der Waals surface area contributed by atoms with Gasteiger partial charge in [0.1, 0.15) is 11.5 Å². The quantitative estimate of drug-likeness (QED) is 0.808. The topological polar surface area (TPSA) is 67.9 Å². The van der Waals surface area contributed by atoms with E-state index >= 15 is 0 Å². The van der Waals surface area contributed by atoms with Crippen LogP contribution >= 0.6 is 0 Å². The standard InChI is InChI=1S/C23H28N2O4/c1-15(2)24-23(27)20-13-14-21(26)25(17-7-11-19(29-4)12-8-17)22(20)16-5-9-18(28-3)10-6-16/h5-12,15,20,22H,13-14H2,1-4H3,(H,24,27)/t20-,22-/m0/s1. The number of methoxy groups -OCH3 is 2. The summed E-state index contributed by atoms with van der Waals surface area (Å²) in [5.74, 6) is 1.07. The van der Waals surface area contributed by atoms with Gasteiger partial charge in [0.25, 0.3) is 0 Å². The van der Waals surface area contributed by atoms with Gasteiger partial charge in [-0.05, 0) is 62.2 Å². The molecular weight excluding hydrogens is 368 g/mol. The Kier molecular flexibility index (Phi) is 6.42. The maximum atomic E-state index is 13.0. The van der Waals surface area contributed by atoms with E-state index in [1.165, 1.54) is 0 Å². The van der Waals surface area contributed by atoms with Crippen molar-refractivity contribution in [2.75, 3.05) is 19.1 Å². The SMILES string of the molecule is COc1ccc([C@H]2[C@@H](C(=O)NC(C)C)CCC(=O)N2c2ccc(OC)cc2)cc1. The lowest BCUT2D eigenvalue weighted by molar-refractivity contribution is -0.129. The monoisotopic (exact) mass is 396 g/mol. The highest BCUT2D eigenvalue weighted by Gasteiger charge is 2.41. The molecule has 1 fully saturated rings. The molecule has 0 aliphatic carbocycles. The van der Waals surface area contributed by atoms with Gasteiger partial charge in [0.05, 0.1) is 26.2 Å². The fourth-order valence-electron chi connectivity index (χ4n) is 3.79. The number of hydrogen-bond acceptors (Lipinski definition) is 4. The molecule has 0 radical (unpaired) electrons. The zero-order chi connectivity index (χ0) is 21.0. The first-order valence-electron chi connectivity index (χ1n) is 9.85. The fraction of sp³-hybridized carbons (Fsp3) is 0.391. The number of nitrogens with zero attached hydrogens (tertiary/aromatic N) is 1. The molecule has 6 heteroatoms. The van der Waals surface area contributed by atoms with Crippen molar-refractivity contribution >= 4 is 17.5 Å². The molecule has 1 aliphatic rings. The summed E-state index contributed by atoms with van der Waals surface area (Å²) in [6.45, 7) is 3.88. The van der Waals surface area contributed by atoms with E-state index in [2.05, 4.69) is 5.32 Å². The normalized spacial score (nSPS) is 19.2. The Morgan fingerprint density at radius 2 is 1.55 bits per heavy atom. The number of hydrogen-bond donors (Lipinski definition) is 1. The number of benzene rings is 2. The van der Waals surface area contributed by atoms with Gasteiger partial charge < -0.3 is 19.7 Å². The van der Waals surface area contributed by atoms with E-state index in [1.54, 1.807) is 19.1 Å². The van der Waals surface area contributed by atoms with E-state index in [1.807, 2.05) is 62.4 Å². The summed E-state index contributed by atoms with van der Waals surface area (Å²) in [5, 5.41) is 3.02. The molecule has 1 saturated heterocycles. The summed E-state index contributed by atoms with van der Waals surface area (Å²) in [7, 11) is 3.22. The van der Waals surface area contributed by atoms with E-state index in [9.17, 15) is 9.59 Å². The Morgan fingerprint density at radius 3 is 2.07 bits per heavy atom. The second-order valence-electron chi connectivity index (χ2n) is 7.49. The van der Waals surface area contributed by atoms with Crippen molar-refractivity contribution in [2.45, 2.75) is 38.8 Å². The minimum absolute atomic E-state index is 0.00424. The molecule has 0 saturated carbocycles. The third-order valence-corrected chi connectivity index (χ3v) is 5.17. The molecule has 2 aromatic carbocycles. The van der Waals surface area contributed by atoms with Crippen LogP contribution in [0.1, 0.15) is 38.3 Å². The molecule has 6 nitrogen and oxygen atoms in total. The van der Waals surface area contributed by atoms with Gasteiger partial charge in [0, 0.05) is 18.2 Å². The van der Waals surface area contributed by atoms with Crippen molar-refractivity contribution in [3.63, 3.8) is 0 Å². The van der Waals surface area contributed by atoms with E-state index in [4.69, 9.17) is 9.47 Å². The van der Waals surface area contributed by atoms with Crippen molar-refractivity contribution in [3.05, 3.63) is 54.1 Å².